The maximum absolute atomic E-state index is 11.3. The van der Waals surface area contributed by atoms with Crippen LogP contribution in [-0.2, 0) is 6.54 Å². The zero-order valence-corrected chi connectivity index (χ0v) is 11.1. The van der Waals surface area contributed by atoms with Gasteiger partial charge in [-0.25, -0.2) is 9.78 Å². The Morgan fingerprint density at radius 3 is 2.89 bits per heavy atom. The van der Waals surface area contributed by atoms with E-state index in [0.29, 0.717) is 17.0 Å². The van der Waals surface area contributed by atoms with E-state index < -0.39 is 5.97 Å². The molecule has 1 saturated carbocycles. The van der Waals surface area contributed by atoms with Gasteiger partial charge in [0.25, 0.3) is 0 Å². The summed E-state index contributed by atoms with van der Waals surface area (Å²) in [5.74, 6) is 0.719. The normalized spacial score (nSPS) is 15.0. The number of hydrogen-bond acceptors (Lipinski definition) is 2. The summed E-state index contributed by atoms with van der Waals surface area (Å²) in [5.41, 5.74) is 1.93. The van der Waals surface area contributed by atoms with Gasteiger partial charge in [-0.2, -0.15) is 0 Å². The van der Waals surface area contributed by atoms with E-state index in [-0.39, 0.29) is 0 Å². The maximum atomic E-state index is 11.3. The average molecular weight is 258 g/mol. The zero-order chi connectivity index (χ0) is 13.4. The summed E-state index contributed by atoms with van der Waals surface area (Å²) in [5, 5.41) is 9.26. The van der Waals surface area contributed by atoms with Crippen LogP contribution in [0.25, 0.3) is 11.0 Å². The fraction of sp³-hybridized carbons (Fsp3) is 0.467. The molecule has 100 valence electrons. The van der Waals surface area contributed by atoms with Crippen LogP contribution in [-0.4, -0.2) is 20.6 Å². The topological polar surface area (TPSA) is 55.1 Å². The van der Waals surface area contributed by atoms with E-state index in [1.165, 1.54) is 12.8 Å². The molecule has 1 fully saturated rings. The summed E-state index contributed by atoms with van der Waals surface area (Å²) in [6, 6.07) is 5.43. The molecule has 0 amide bonds. The number of fused-ring (bicyclic) bond motifs is 1. The number of rotatable bonds is 5. The quantitative estimate of drug-likeness (QED) is 0.894. The molecular weight excluding hydrogens is 240 g/mol. The minimum Gasteiger partial charge on any atom is -0.478 e. The lowest BCUT2D eigenvalue weighted by Crippen LogP contribution is -2.02. The second-order valence-corrected chi connectivity index (χ2v) is 5.23. The van der Waals surface area contributed by atoms with E-state index in [4.69, 9.17) is 0 Å². The highest BCUT2D eigenvalue weighted by molar-refractivity contribution is 6.01. The molecule has 1 heterocycles. The molecule has 0 bridgehead atoms. The standard InChI is InChI=1S/C15H18N2O2/c1-2-3-9-17-12-6-4-5-11(15(18)19)13(12)16-14(17)10-7-8-10/h4-6,10H,2-3,7-9H2,1H3,(H,18,19). The molecular formula is C15H18N2O2. The van der Waals surface area contributed by atoms with Crippen LogP contribution in [0.3, 0.4) is 0 Å². The lowest BCUT2D eigenvalue weighted by molar-refractivity contribution is 0.0699. The molecule has 2 aromatic rings. The summed E-state index contributed by atoms with van der Waals surface area (Å²) in [6.45, 7) is 3.10. The Labute approximate surface area is 112 Å². The van der Waals surface area contributed by atoms with Gasteiger partial charge in [0.15, 0.2) is 0 Å². The third kappa shape index (κ3) is 2.11. The van der Waals surface area contributed by atoms with Crippen molar-refractivity contribution < 1.29 is 9.90 Å². The van der Waals surface area contributed by atoms with E-state index in [2.05, 4.69) is 16.5 Å². The smallest absolute Gasteiger partial charge is 0.337 e. The average Bonchev–Trinajstić information content (AvgIpc) is 3.17. The fourth-order valence-corrected chi connectivity index (χ4v) is 2.54. The van der Waals surface area contributed by atoms with Gasteiger partial charge < -0.3 is 9.67 Å². The molecule has 0 saturated heterocycles. The Balaban J connectivity index is 2.17. The van der Waals surface area contributed by atoms with Gasteiger partial charge in [-0.15, -0.1) is 0 Å². The number of carbonyl (C=O) groups is 1. The molecule has 1 aliphatic carbocycles. The van der Waals surface area contributed by atoms with Crippen molar-refractivity contribution in [2.75, 3.05) is 0 Å². The molecule has 1 aromatic heterocycles. The maximum Gasteiger partial charge on any atom is 0.337 e. The molecule has 19 heavy (non-hydrogen) atoms. The molecule has 0 atom stereocenters. The Bertz CT molecular complexity index is 626. The van der Waals surface area contributed by atoms with Crippen LogP contribution in [0.2, 0.25) is 0 Å². The van der Waals surface area contributed by atoms with Crippen molar-refractivity contribution in [3.63, 3.8) is 0 Å². The first-order chi connectivity index (χ1) is 9.22. The number of aryl methyl sites for hydroxylation is 1. The predicted octanol–water partition coefficient (Wildman–Crippen LogP) is 3.41. The van der Waals surface area contributed by atoms with Crippen LogP contribution in [0, 0.1) is 0 Å². The van der Waals surface area contributed by atoms with Crippen molar-refractivity contribution in [1.82, 2.24) is 9.55 Å². The number of unbranched alkanes of at least 4 members (excludes halogenated alkanes) is 1. The number of aromatic carboxylic acids is 1. The number of para-hydroxylation sites is 1. The first-order valence-corrected chi connectivity index (χ1v) is 6.94. The molecule has 4 heteroatoms. The Kier molecular flexibility index (Phi) is 3.01. The second kappa shape index (κ2) is 4.68. The Morgan fingerprint density at radius 1 is 1.47 bits per heavy atom. The van der Waals surface area contributed by atoms with E-state index in [1.54, 1.807) is 6.07 Å². The van der Waals surface area contributed by atoms with Gasteiger partial charge in [-0.05, 0) is 31.4 Å². The summed E-state index contributed by atoms with van der Waals surface area (Å²) in [7, 11) is 0. The first-order valence-electron chi connectivity index (χ1n) is 6.94. The lowest BCUT2D eigenvalue weighted by atomic mass is 10.2. The molecule has 3 rings (SSSR count). The lowest BCUT2D eigenvalue weighted by Gasteiger charge is -2.07. The number of nitrogens with zero attached hydrogens (tertiary/aromatic N) is 2. The highest BCUT2D eigenvalue weighted by Gasteiger charge is 2.30. The van der Waals surface area contributed by atoms with Crippen LogP contribution in [0.1, 0.15) is 54.7 Å². The van der Waals surface area contributed by atoms with Crippen LogP contribution in [0.15, 0.2) is 18.2 Å². The number of imidazole rings is 1. The van der Waals surface area contributed by atoms with Crippen molar-refractivity contribution in [3.05, 3.63) is 29.6 Å². The second-order valence-electron chi connectivity index (χ2n) is 5.23. The Hall–Kier alpha value is -1.84. The van der Waals surface area contributed by atoms with E-state index in [1.807, 2.05) is 12.1 Å². The van der Waals surface area contributed by atoms with E-state index in [0.717, 1.165) is 30.7 Å². The molecule has 0 spiro atoms. The first kappa shape index (κ1) is 12.2. The van der Waals surface area contributed by atoms with Crippen LogP contribution >= 0.6 is 0 Å². The molecule has 0 unspecified atom stereocenters. The number of carboxylic acid groups (broad SMARTS) is 1. The minimum absolute atomic E-state index is 0.314. The number of hydrogen-bond donors (Lipinski definition) is 1. The van der Waals surface area contributed by atoms with Crippen molar-refractivity contribution in [2.24, 2.45) is 0 Å². The number of aromatic nitrogens is 2. The molecule has 1 aliphatic rings. The van der Waals surface area contributed by atoms with Gasteiger partial charge in [0.1, 0.15) is 11.3 Å². The van der Waals surface area contributed by atoms with Gasteiger partial charge in [0.2, 0.25) is 0 Å². The van der Waals surface area contributed by atoms with Crippen molar-refractivity contribution in [2.45, 2.75) is 45.1 Å². The van der Waals surface area contributed by atoms with Crippen LogP contribution in [0.4, 0.5) is 0 Å². The van der Waals surface area contributed by atoms with Crippen molar-refractivity contribution in [3.8, 4) is 0 Å². The summed E-state index contributed by atoms with van der Waals surface area (Å²) in [4.78, 5) is 15.9. The highest BCUT2D eigenvalue weighted by Crippen LogP contribution is 2.41. The fourth-order valence-electron chi connectivity index (χ4n) is 2.54. The van der Waals surface area contributed by atoms with Crippen LogP contribution in [0.5, 0.6) is 0 Å². The summed E-state index contributed by atoms with van der Waals surface area (Å²) >= 11 is 0. The van der Waals surface area contributed by atoms with Gasteiger partial charge in [-0.1, -0.05) is 19.4 Å². The molecule has 0 aliphatic heterocycles. The minimum atomic E-state index is -0.895. The third-order valence-electron chi connectivity index (χ3n) is 3.72. The molecule has 0 radical (unpaired) electrons. The van der Waals surface area contributed by atoms with Gasteiger partial charge in [-0.3, -0.25) is 0 Å². The van der Waals surface area contributed by atoms with Gasteiger partial charge in [0.05, 0.1) is 11.1 Å². The van der Waals surface area contributed by atoms with Crippen LogP contribution < -0.4 is 0 Å². The zero-order valence-electron chi connectivity index (χ0n) is 11.1. The molecule has 1 aromatic carbocycles. The summed E-state index contributed by atoms with van der Waals surface area (Å²) < 4.78 is 2.23. The summed E-state index contributed by atoms with van der Waals surface area (Å²) in [6.07, 6.45) is 4.58. The van der Waals surface area contributed by atoms with Crippen molar-refractivity contribution >= 4 is 17.0 Å². The largest absolute Gasteiger partial charge is 0.478 e. The number of benzene rings is 1. The Morgan fingerprint density at radius 2 is 2.26 bits per heavy atom. The molecule has 1 N–H and O–H groups in total. The van der Waals surface area contributed by atoms with E-state index >= 15 is 0 Å². The SMILES string of the molecule is CCCCn1c(C2CC2)nc2c(C(=O)O)cccc21. The third-order valence-corrected chi connectivity index (χ3v) is 3.72. The van der Waals surface area contributed by atoms with Gasteiger partial charge in [0, 0.05) is 12.5 Å². The number of carboxylic acids is 1. The monoisotopic (exact) mass is 258 g/mol. The van der Waals surface area contributed by atoms with Gasteiger partial charge >= 0.3 is 5.97 Å². The van der Waals surface area contributed by atoms with Crippen molar-refractivity contribution in [1.29, 1.82) is 0 Å². The predicted molar refractivity (Wildman–Crippen MR) is 73.6 cm³/mol. The van der Waals surface area contributed by atoms with E-state index in [9.17, 15) is 9.90 Å². The molecule has 4 nitrogen and oxygen atoms in total. The highest BCUT2D eigenvalue weighted by atomic mass is 16.4.